The summed E-state index contributed by atoms with van der Waals surface area (Å²) < 4.78 is 0. The Bertz CT molecular complexity index is 449. The van der Waals surface area contributed by atoms with Gasteiger partial charge in [0.2, 0.25) is 0 Å². The molecule has 0 aliphatic carbocycles. The third-order valence-corrected chi connectivity index (χ3v) is 4.63. The molecule has 1 N–H and O–H groups in total. The fraction of sp³-hybridized carbons (Fsp3) is 0.588. The quantitative estimate of drug-likeness (QED) is 0.865. The van der Waals surface area contributed by atoms with Gasteiger partial charge in [0.1, 0.15) is 0 Å². The van der Waals surface area contributed by atoms with Crippen molar-refractivity contribution in [1.29, 1.82) is 0 Å². The summed E-state index contributed by atoms with van der Waals surface area (Å²) in [5.74, 6) is -0.599. The Hall–Kier alpha value is -1.35. The number of benzene rings is 1. The van der Waals surface area contributed by atoms with Crippen LogP contribution in [0.15, 0.2) is 24.3 Å². The molecule has 1 fully saturated rings. The first-order valence-corrected chi connectivity index (χ1v) is 7.62. The fourth-order valence-electron chi connectivity index (χ4n) is 3.00. The molecule has 2 unspecified atom stereocenters. The topological polar surface area (TPSA) is 40.5 Å². The second-order valence-corrected chi connectivity index (χ2v) is 5.86. The maximum atomic E-state index is 11.0. The van der Waals surface area contributed by atoms with Crippen LogP contribution in [0.2, 0.25) is 0 Å². The summed E-state index contributed by atoms with van der Waals surface area (Å²) >= 11 is 0. The van der Waals surface area contributed by atoms with Crippen LogP contribution in [0.25, 0.3) is 0 Å². The lowest BCUT2D eigenvalue weighted by molar-refractivity contribution is -0.146. The third kappa shape index (κ3) is 3.04. The molecule has 2 rings (SSSR count). The van der Waals surface area contributed by atoms with Crippen LogP contribution in [0.3, 0.4) is 0 Å². The summed E-state index contributed by atoms with van der Waals surface area (Å²) in [6.07, 6.45) is 2.14. The minimum Gasteiger partial charge on any atom is -0.481 e. The maximum absolute atomic E-state index is 11.0. The molecule has 1 aromatic carbocycles. The van der Waals surface area contributed by atoms with E-state index in [2.05, 4.69) is 43.0 Å². The zero-order chi connectivity index (χ0) is 14.7. The summed E-state index contributed by atoms with van der Waals surface area (Å²) in [4.78, 5) is 13.4. The molecule has 0 radical (unpaired) electrons. The molecule has 0 saturated carbocycles. The van der Waals surface area contributed by atoms with Gasteiger partial charge in [0.05, 0.1) is 5.92 Å². The summed E-state index contributed by atoms with van der Waals surface area (Å²) in [6.45, 7) is 8.00. The van der Waals surface area contributed by atoms with Crippen molar-refractivity contribution in [3.63, 3.8) is 0 Å². The molecule has 1 saturated heterocycles. The molecule has 2 atom stereocenters. The first-order chi connectivity index (χ1) is 9.56. The van der Waals surface area contributed by atoms with Gasteiger partial charge in [-0.3, -0.25) is 9.69 Å². The second kappa shape index (κ2) is 6.40. The molecule has 0 amide bonds. The van der Waals surface area contributed by atoms with Gasteiger partial charge in [-0.15, -0.1) is 0 Å². The highest BCUT2D eigenvalue weighted by atomic mass is 16.4. The van der Waals surface area contributed by atoms with Crippen LogP contribution in [0, 0.1) is 11.8 Å². The SMILES string of the molecule is CCc1ccc(C(CC)N2CC(C(C)C(=O)O)C2)cc1. The van der Waals surface area contributed by atoms with E-state index >= 15 is 0 Å². The van der Waals surface area contributed by atoms with Gasteiger partial charge in [-0.25, -0.2) is 0 Å². The predicted octanol–water partition coefficient (Wildman–Crippen LogP) is 3.35. The van der Waals surface area contributed by atoms with E-state index in [4.69, 9.17) is 5.11 Å². The van der Waals surface area contributed by atoms with Crippen LogP contribution in [-0.2, 0) is 11.2 Å². The van der Waals surface area contributed by atoms with Gasteiger partial charge >= 0.3 is 5.97 Å². The van der Waals surface area contributed by atoms with Crippen LogP contribution in [0.1, 0.15) is 44.4 Å². The number of rotatable bonds is 6. The first-order valence-electron chi connectivity index (χ1n) is 7.62. The molecule has 1 aliphatic rings. The van der Waals surface area contributed by atoms with E-state index in [-0.39, 0.29) is 5.92 Å². The van der Waals surface area contributed by atoms with Gasteiger partial charge in [-0.05, 0) is 29.9 Å². The van der Waals surface area contributed by atoms with E-state index < -0.39 is 5.97 Å². The van der Waals surface area contributed by atoms with Gasteiger partial charge in [0.25, 0.3) is 0 Å². The largest absolute Gasteiger partial charge is 0.481 e. The summed E-state index contributed by atoms with van der Waals surface area (Å²) in [7, 11) is 0. The highest BCUT2D eigenvalue weighted by molar-refractivity contribution is 5.70. The number of carbonyl (C=O) groups is 1. The van der Waals surface area contributed by atoms with Crippen LogP contribution >= 0.6 is 0 Å². The number of carboxylic acid groups (broad SMARTS) is 1. The second-order valence-electron chi connectivity index (χ2n) is 5.86. The summed E-state index contributed by atoms with van der Waals surface area (Å²) in [5, 5.41) is 9.06. The van der Waals surface area contributed by atoms with Gasteiger partial charge in [0.15, 0.2) is 0 Å². The highest BCUT2D eigenvalue weighted by Gasteiger charge is 2.37. The highest BCUT2D eigenvalue weighted by Crippen LogP contribution is 2.34. The Morgan fingerprint density at radius 1 is 1.30 bits per heavy atom. The van der Waals surface area contributed by atoms with Crippen molar-refractivity contribution < 1.29 is 9.90 Å². The lowest BCUT2D eigenvalue weighted by Gasteiger charge is -2.46. The van der Waals surface area contributed by atoms with E-state index in [1.807, 2.05) is 6.92 Å². The monoisotopic (exact) mass is 275 g/mol. The van der Waals surface area contributed by atoms with E-state index in [0.717, 1.165) is 25.9 Å². The van der Waals surface area contributed by atoms with Crippen molar-refractivity contribution in [2.45, 2.75) is 39.7 Å². The van der Waals surface area contributed by atoms with Crippen LogP contribution in [0.4, 0.5) is 0 Å². The van der Waals surface area contributed by atoms with Gasteiger partial charge in [-0.1, -0.05) is 45.0 Å². The average molecular weight is 275 g/mol. The number of nitrogens with zero attached hydrogens (tertiary/aromatic N) is 1. The lowest BCUT2D eigenvalue weighted by Crippen LogP contribution is -2.52. The smallest absolute Gasteiger partial charge is 0.306 e. The average Bonchev–Trinajstić information content (AvgIpc) is 2.41. The van der Waals surface area contributed by atoms with Crippen molar-refractivity contribution in [2.75, 3.05) is 13.1 Å². The fourth-order valence-corrected chi connectivity index (χ4v) is 3.00. The standard InChI is InChI=1S/C17H25NO2/c1-4-13-6-8-14(9-7-13)16(5-2)18-10-15(11-18)12(3)17(19)20/h6-9,12,15-16H,4-5,10-11H2,1-3H3,(H,19,20). The Kier molecular flexibility index (Phi) is 4.81. The van der Waals surface area contributed by atoms with Crippen molar-refractivity contribution in [3.05, 3.63) is 35.4 Å². The minimum absolute atomic E-state index is 0.230. The molecule has 3 nitrogen and oxygen atoms in total. The molecule has 1 aromatic rings. The maximum Gasteiger partial charge on any atom is 0.306 e. The molecular weight excluding hydrogens is 250 g/mol. The van der Waals surface area contributed by atoms with E-state index in [9.17, 15) is 4.79 Å². The number of aryl methyl sites for hydroxylation is 1. The Morgan fingerprint density at radius 2 is 1.90 bits per heavy atom. The molecule has 1 aliphatic heterocycles. The van der Waals surface area contributed by atoms with Crippen molar-refractivity contribution in [3.8, 4) is 0 Å². The molecule has 0 aromatic heterocycles. The van der Waals surface area contributed by atoms with Gasteiger partial charge in [-0.2, -0.15) is 0 Å². The minimum atomic E-state index is -0.671. The molecule has 20 heavy (non-hydrogen) atoms. The van der Waals surface area contributed by atoms with Gasteiger partial charge in [0, 0.05) is 19.1 Å². The van der Waals surface area contributed by atoms with Crippen LogP contribution in [-0.4, -0.2) is 29.1 Å². The van der Waals surface area contributed by atoms with E-state index in [1.54, 1.807) is 0 Å². The van der Waals surface area contributed by atoms with Crippen LogP contribution in [0.5, 0.6) is 0 Å². The normalized spacial score (nSPS) is 19.4. The van der Waals surface area contributed by atoms with Crippen molar-refractivity contribution in [2.24, 2.45) is 11.8 Å². The molecule has 3 heteroatoms. The Labute approximate surface area is 121 Å². The molecule has 0 spiro atoms. The van der Waals surface area contributed by atoms with Gasteiger partial charge < -0.3 is 5.11 Å². The first kappa shape index (κ1) is 15.0. The number of aliphatic carboxylic acids is 1. The lowest BCUT2D eigenvalue weighted by atomic mass is 9.84. The summed E-state index contributed by atoms with van der Waals surface area (Å²) in [6, 6.07) is 9.28. The molecule has 110 valence electrons. The van der Waals surface area contributed by atoms with Crippen molar-refractivity contribution in [1.82, 2.24) is 4.90 Å². The molecule has 1 heterocycles. The van der Waals surface area contributed by atoms with Crippen LogP contribution < -0.4 is 0 Å². The zero-order valence-electron chi connectivity index (χ0n) is 12.7. The third-order valence-electron chi connectivity index (χ3n) is 4.63. The number of likely N-dealkylation sites (tertiary alicyclic amines) is 1. The predicted molar refractivity (Wildman–Crippen MR) is 80.7 cm³/mol. The Morgan fingerprint density at radius 3 is 2.35 bits per heavy atom. The zero-order valence-corrected chi connectivity index (χ0v) is 12.7. The van der Waals surface area contributed by atoms with E-state index in [1.165, 1.54) is 11.1 Å². The number of carboxylic acids is 1. The molecule has 0 bridgehead atoms. The number of hydrogen-bond donors (Lipinski definition) is 1. The van der Waals surface area contributed by atoms with Crippen molar-refractivity contribution >= 4 is 5.97 Å². The van der Waals surface area contributed by atoms with E-state index in [0.29, 0.717) is 12.0 Å². The molecular formula is C17H25NO2. The summed E-state index contributed by atoms with van der Waals surface area (Å²) in [5.41, 5.74) is 2.72. The number of hydrogen-bond acceptors (Lipinski definition) is 2. The Balaban J connectivity index is 1.98.